The molecule has 1 atom stereocenters. The summed E-state index contributed by atoms with van der Waals surface area (Å²) >= 11 is 0. The van der Waals surface area contributed by atoms with Gasteiger partial charge in [0.25, 0.3) is 5.91 Å². The number of hydrogen-bond acceptors (Lipinski definition) is 5. The monoisotopic (exact) mass is 453 g/mol. The number of piperidine rings is 2. The number of carbonyl (C=O) groups excluding carboxylic acids is 3. The summed E-state index contributed by atoms with van der Waals surface area (Å²) in [4.78, 5) is 40.8. The summed E-state index contributed by atoms with van der Waals surface area (Å²) in [6.45, 7) is 5.62. The highest BCUT2D eigenvalue weighted by Gasteiger charge is 2.41. The molecule has 0 radical (unpaired) electrons. The molecule has 3 heterocycles. The minimum Gasteiger partial charge on any atom is -0.385 e. The van der Waals surface area contributed by atoms with Gasteiger partial charge in [-0.2, -0.15) is 0 Å². The van der Waals surface area contributed by atoms with Crippen molar-refractivity contribution in [3.05, 3.63) is 34.9 Å². The number of likely N-dealkylation sites (tertiary alicyclic amines) is 1. The van der Waals surface area contributed by atoms with Gasteiger partial charge in [-0.1, -0.05) is 31.9 Å². The van der Waals surface area contributed by atoms with Crippen LogP contribution in [0.4, 0.5) is 0 Å². The second kappa shape index (κ2) is 8.84. The number of amides is 3. The summed E-state index contributed by atoms with van der Waals surface area (Å²) in [5.41, 5.74) is 1.44. The number of nitrogens with one attached hydrogen (secondary N) is 1. The average Bonchev–Trinajstić information content (AvgIpc) is 3.13. The molecule has 3 fully saturated rings. The van der Waals surface area contributed by atoms with Crippen LogP contribution >= 0.6 is 0 Å². The fraction of sp³-hybridized carbons (Fsp3) is 0.654. The van der Waals surface area contributed by atoms with Crippen LogP contribution in [0.25, 0.3) is 0 Å². The molecule has 3 aliphatic heterocycles. The minimum atomic E-state index is -0.877. The number of imide groups is 1. The van der Waals surface area contributed by atoms with Gasteiger partial charge in [-0.05, 0) is 61.1 Å². The highest BCUT2D eigenvalue weighted by atomic mass is 16.3. The first kappa shape index (κ1) is 22.5. The van der Waals surface area contributed by atoms with Crippen LogP contribution in [-0.2, 0) is 21.7 Å². The second-order valence-electron chi connectivity index (χ2n) is 10.7. The Balaban J connectivity index is 1.23. The first-order valence-corrected chi connectivity index (χ1v) is 12.6. The van der Waals surface area contributed by atoms with E-state index in [2.05, 4.69) is 17.1 Å². The molecule has 1 saturated carbocycles. The maximum absolute atomic E-state index is 12.9. The lowest BCUT2D eigenvalue weighted by Gasteiger charge is -2.40. The number of fused-ring (bicyclic) bond motifs is 1. The van der Waals surface area contributed by atoms with E-state index in [4.69, 9.17) is 0 Å². The van der Waals surface area contributed by atoms with Crippen LogP contribution in [-0.4, -0.2) is 58.3 Å². The Labute approximate surface area is 195 Å². The molecule has 7 nitrogen and oxygen atoms in total. The predicted octanol–water partition coefficient (Wildman–Crippen LogP) is 2.56. The van der Waals surface area contributed by atoms with Gasteiger partial charge in [-0.3, -0.25) is 19.7 Å². The van der Waals surface area contributed by atoms with Crippen LogP contribution in [0.5, 0.6) is 0 Å². The maximum Gasteiger partial charge on any atom is 0.255 e. The number of hydrogen-bond donors (Lipinski definition) is 2. The summed E-state index contributed by atoms with van der Waals surface area (Å²) in [7, 11) is 0. The summed E-state index contributed by atoms with van der Waals surface area (Å²) in [5.74, 6) is 0.803. The first-order chi connectivity index (χ1) is 15.8. The zero-order chi connectivity index (χ0) is 23.2. The zero-order valence-electron chi connectivity index (χ0n) is 19.5. The van der Waals surface area contributed by atoms with E-state index in [1.807, 2.05) is 12.1 Å². The molecule has 1 aliphatic carbocycles. The molecule has 33 heavy (non-hydrogen) atoms. The molecule has 1 aromatic carbocycles. The number of rotatable bonds is 4. The lowest BCUT2D eigenvalue weighted by Crippen LogP contribution is -2.52. The van der Waals surface area contributed by atoms with E-state index in [1.165, 1.54) is 25.7 Å². The summed E-state index contributed by atoms with van der Waals surface area (Å²) in [6.07, 6.45) is 7.32. The number of nitrogens with zero attached hydrogens (tertiary/aromatic N) is 2. The van der Waals surface area contributed by atoms with Crippen molar-refractivity contribution in [1.29, 1.82) is 0 Å². The molecule has 2 saturated heterocycles. The molecular formula is C26H35N3O4. The van der Waals surface area contributed by atoms with Crippen LogP contribution in [0.1, 0.15) is 79.8 Å². The van der Waals surface area contributed by atoms with Gasteiger partial charge in [0.05, 0.1) is 5.60 Å². The van der Waals surface area contributed by atoms with Gasteiger partial charge in [0.15, 0.2) is 0 Å². The van der Waals surface area contributed by atoms with Gasteiger partial charge in [0.2, 0.25) is 11.8 Å². The lowest BCUT2D eigenvalue weighted by molar-refractivity contribution is -0.136. The van der Waals surface area contributed by atoms with Gasteiger partial charge in [0.1, 0.15) is 6.04 Å². The molecule has 3 amide bonds. The van der Waals surface area contributed by atoms with E-state index >= 15 is 0 Å². The van der Waals surface area contributed by atoms with Crippen LogP contribution in [0.2, 0.25) is 0 Å². The van der Waals surface area contributed by atoms with Crippen LogP contribution < -0.4 is 5.32 Å². The highest BCUT2D eigenvalue weighted by Crippen LogP contribution is 2.37. The van der Waals surface area contributed by atoms with Crippen molar-refractivity contribution in [2.45, 2.75) is 76.5 Å². The third-order valence-corrected chi connectivity index (χ3v) is 8.40. The van der Waals surface area contributed by atoms with Crippen LogP contribution in [0, 0.1) is 11.8 Å². The molecule has 1 unspecified atom stereocenters. The van der Waals surface area contributed by atoms with Crippen LogP contribution in [0.15, 0.2) is 18.2 Å². The van der Waals surface area contributed by atoms with Crippen molar-refractivity contribution >= 4 is 17.7 Å². The summed E-state index contributed by atoms with van der Waals surface area (Å²) < 4.78 is 0. The molecule has 4 aliphatic rings. The van der Waals surface area contributed by atoms with Crippen molar-refractivity contribution in [2.24, 2.45) is 11.8 Å². The zero-order valence-corrected chi connectivity index (χ0v) is 19.5. The van der Waals surface area contributed by atoms with E-state index in [-0.39, 0.29) is 18.2 Å². The van der Waals surface area contributed by atoms with E-state index < -0.39 is 17.6 Å². The van der Waals surface area contributed by atoms with E-state index in [9.17, 15) is 19.5 Å². The number of benzene rings is 1. The molecule has 2 N–H and O–H groups in total. The Bertz CT molecular complexity index is 945. The normalized spacial score (nSPS) is 30.3. The summed E-state index contributed by atoms with van der Waals surface area (Å²) in [6, 6.07) is 5.02. The van der Waals surface area contributed by atoms with Gasteiger partial charge < -0.3 is 14.9 Å². The molecule has 178 valence electrons. The first-order valence-electron chi connectivity index (χ1n) is 12.6. The number of carbonyl (C=O) groups is 3. The molecular weight excluding hydrogens is 418 g/mol. The van der Waals surface area contributed by atoms with E-state index in [1.54, 1.807) is 11.0 Å². The second-order valence-corrected chi connectivity index (χ2v) is 10.7. The van der Waals surface area contributed by atoms with Crippen LogP contribution in [0.3, 0.4) is 0 Å². The van der Waals surface area contributed by atoms with Gasteiger partial charge in [-0.25, -0.2) is 0 Å². The van der Waals surface area contributed by atoms with Gasteiger partial charge in [0, 0.05) is 38.2 Å². The van der Waals surface area contributed by atoms with Crippen molar-refractivity contribution in [2.75, 3.05) is 19.6 Å². The van der Waals surface area contributed by atoms with Gasteiger partial charge in [-0.15, -0.1) is 0 Å². The largest absolute Gasteiger partial charge is 0.385 e. The Hall–Kier alpha value is -2.25. The number of aliphatic hydroxyl groups is 1. The Kier molecular flexibility index (Phi) is 6.04. The molecule has 1 aromatic rings. The Morgan fingerprint density at radius 3 is 2.48 bits per heavy atom. The highest BCUT2D eigenvalue weighted by molar-refractivity contribution is 6.05. The van der Waals surface area contributed by atoms with Crippen molar-refractivity contribution in [3.63, 3.8) is 0 Å². The van der Waals surface area contributed by atoms with Crippen molar-refractivity contribution < 1.29 is 19.5 Å². The van der Waals surface area contributed by atoms with Gasteiger partial charge >= 0.3 is 0 Å². The third kappa shape index (κ3) is 4.45. The summed E-state index contributed by atoms with van der Waals surface area (Å²) in [5, 5.41) is 13.8. The minimum absolute atomic E-state index is 0.172. The smallest absolute Gasteiger partial charge is 0.255 e. The Morgan fingerprint density at radius 1 is 1.06 bits per heavy atom. The third-order valence-electron chi connectivity index (χ3n) is 8.40. The molecule has 0 bridgehead atoms. The average molecular weight is 454 g/mol. The standard InChI is InChI=1S/C26H35N3O4/c1-17-2-4-18(5-3-17)15-28-12-10-26(33,11-13-28)20-6-7-21-19(14-20)16-29(25(21)32)22-8-9-23(30)27-24(22)31/h6-7,14,17-18,22,33H,2-5,8-13,15-16H2,1H3,(H,27,30,31). The predicted molar refractivity (Wildman–Crippen MR) is 123 cm³/mol. The fourth-order valence-electron chi connectivity index (χ4n) is 6.13. The SMILES string of the molecule is CC1CCC(CN2CCC(O)(c3ccc4c(c3)CN(C3CCC(=O)NC3=O)C4=O)CC2)CC1. The topological polar surface area (TPSA) is 89.9 Å². The molecule has 0 aromatic heterocycles. The quantitative estimate of drug-likeness (QED) is 0.684. The Morgan fingerprint density at radius 2 is 1.79 bits per heavy atom. The lowest BCUT2D eigenvalue weighted by atomic mass is 9.81. The molecule has 7 heteroatoms. The van der Waals surface area contributed by atoms with E-state index in [0.717, 1.165) is 42.6 Å². The molecule has 5 rings (SSSR count). The fourth-order valence-corrected chi connectivity index (χ4v) is 6.13. The van der Waals surface area contributed by atoms with Crippen molar-refractivity contribution in [3.8, 4) is 0 Å². The van der Waals surface area contributed by atoms with E-state index in [0.29, 0.717) is 31.4 Å². The maximum atomic E-state index is 12.9. The van der Waals surface area contributed by atoms with Crippen molar-refractivity contribution in [1.82, 2.24) is 15.1 Å². The molecule has 0 spiro atoms.